The number of aromatic carboxylic acids is 1. The molecular weight excluding hydrogens is 338 g/mol. The molecule has 2 aromatic rings. The third-order valence-corrected chi connectivity index (χ3v) is 5.94. The SMILES string of the molecule is Cc1cc(S(=O)(=O)Nc2ccc(O)c(Cl)c2)sc1C(=O)O. The van der Waals surface area contributed by atoms with E-state index in [0.717, 1.165) is 0 Å². The first-order chi connectivity index (χ1) is 9.70. The Balaban J connectivity index is 2.36. The second kappa shape index (κ2) is 5.55. The second-order valence-corrected chi connectivity index (χ2v) is 7.52. The summed E-state index contributed by atoms with van der Waals surface area (Å²) in [6, 6.07) is 5.14. The molecule has 0 aliphatic heterocycles. The first-order valence-electron chi connectivity index (χ1n) is 5.56. The van der Waals surface area contributed by atoms with Crippen molar-refractivity contribution in [3.63, 3.8) is 0 Å². The summed E-state index contributed by atoms with van der Waals surface area (Å²) in [5.74, 6) is -1.34. The van der Waals surface area contributed by atoms with Crippen LogP contribution in [0.2, 0.25) is 5.02 Å². The minimum Gasteiger partial charge on any atom is -0.506 e. The molecule has 112 valence electrons. The van der Waals surface area contributed by atoms with E-state index in [1.54, 1.807) is 0 Å². The summed E-state index contributed by atoms with van der Waals surface area (Å²) in [5, 5.41) is 18.2. The zero-order valence-electron chi connectivity index (χ0n) is 10.6. The topological polar surface area (TPSA) is 104 Å². The molecule has 0 aliphatic rings. The zero-order valence-corrected chi connectivity index (χ0v) is 13.0. The number of aryl methyl sites for hydroxylation is 1. The van der Waals surface area contributed by atoms with E-state index in [1.165, 1.54) is 31.2 Å². The lowest BCUT2D eigenvalue weighted by molar-refractivity contribution is 0.0701. The van der Waals surface area contributed by atoms with E-state index in [0.29, 0.717) is 16.9 Å². The summed E-state index contributed by atoms with van der Waals surface area (Å²) in [7, 11) is -3.91. The number of hydrogen-bond acceptors (Lipinski definition) is 5. The molecule has 0 bridgehead atoms. The molecule has 3 N–H and O–H groups in total. The van der Waals surface area contributed by atoms with Crippen molar-refractivity contribution in [2.75, 3.05) is 4.72 Å². The quantitative estimate of drug-likeness (QED) is 0.738. The van der Waals surface area contributed by atoms with Crippen LogP contribution in [0.25, 0.3) is 0 Å². The number of thiophene rings is 1. The van der Waals surface area contributed by atoms with Gasteiger partial charge in [-0.05, 0) is 36.8 Å². The van der Waals surface area contributed by atoms with E-state index in [1.807, 2.05) is 0 Å². The maximum Gasteiger partial charge on any atom is 0.346 e. The van der Waals surface area contributed by atoms with Crippen LogP contribution < -0.4 is 4.72 Å². The van der Waals surface area contributed by atoms with Gasteiger partial charge in [-0.3, -0.25) is 4.72 Å². The highest BCUT2D eigenvalue weighted by Crippen LogP contribution is 2.30. The maximum absolute atomic E-state index is 12.2. The van der Waals surface area contributed by atoms with Crippen LogP contribution in [-0.4, -0.2) is 24.6 Å². The second-order valence-electron chi connectivity index (χ2n) is 4.15. The Labute approximate surface area is 129 Å². The van der Waals surface area contributed by atoms with E-state index < -0.39 is 16.0 Å². The Bertz CT molecular complexity index is 813. The first-order valence-corrected chi connectivity index (χ1v) is 8.23. The van der Waals surface area contributed by atoms with Crippen molar-refractivity contribution in [2.24, 2.45) is 0 Å². The van der Waals surface area contributed by atoms with Crippen LogP contribution in [0.1, 0.15) is 15.2 Å². The normalized spacial score (nSPS) is 11.3. The standard InChI is InChI=1S/C12H10ClNO5S2/c1-6-4-10(20-11(6)12(16)17)21(18,19)14-7-2-3-9(15)8(13)5-7/h2-5,14-15H,1H3,(H,16,17). The van der Waals surface area contributed by atoms with Crippen LogP contribution >= 0.6 is 22.9 Å². The summed E-state index contributed by atoms with van der Waals surface area (Å²) in [5.41, 5.74) is 0.539. The smallest absolute Gasteiger partial charge is 0.346 e. The van der Waals surface area contributed by atoms with Crippen molar-refractivity contribution in [2.45, 2.75) is 11.1 Å². The molecule has 21 heavy (non-hydrogen) atoms. The monoisotopic (exact) mass is 347 g/mol. The fourth-order valence-electron chi connectivity index (χ4n) is 1.57. The van der Waals surface area contributed by atoms with Crippen LogP contribution in [0.3, 0.4) is 0 Å². The van der Waals surface area contributed by atoms with Crippen LogP contribution in [0.4, 0.5) is 5.69 Å². The van der Waals surface area contributed by atoms with Crippen molar-refractivity contribution < 1.29 is 23.4 Å². The molecule has 1 aromatic carbocycles. The van der Waals surface area contributed by atoms with Gasteiger partial charge in [-0.1, -0.05) is 11.6 Å². The number of hydrogen-bond donors (Lipinski definition) is 3. The maximum atomic E-state index is 12.2. The number of sulfonamides is 1. The fraction of sp³-hybridized carbons (Fsp3) is 0.0833. The van der Waals surface area contributed by atoms with Crippen molar-refractivity contribution in [3.05, 3.63) is 39.7 Å². The molecule has 0 unspecified atom stereocenters. The average Bonchev–Trinajstić information content (AvgIpc) is 2.77. The lowest BCUT2D eigenvalue weighted by Gasteiger charge is -2.07. The molecule has 0 radical (unpaired) electrons. The Hall–Kier alpha value is -1.77. The number of carbonyl (C=O) groups is 1. The summed E-state index contributed by atoms with van der Waals surface area (Å²) in [6.45, 7) is 1.52. The number of phenolic OH excluding ortho intramolecular Hbond substituents is 1. The average molecular weight is 348 g/mol. The fourth-order valence-corrected chi connectivity index (χ4v) is 4.18. The molecule has 1 heterocycles. The van der Waals surface area contributed by atoms with Gasteiger partial charge < -0.3 is 10.2 Å². The van der Waals surface area contributed by atoms with Gasteiger partial charge in [-0.15, -0.1) is 11.3 Å². The number of carboxylic acids is 1. The molecule has 0 saturated carbocycles. The van der Waals surface area contributed by atoms with Crippen molar-refractivity contribution in [1.82, 2.24) is 0 Å². The predicted molar refractivity (Wildman–Crippen MR) is 79.9 cm³/mol. The summed E-state index contributed by atoms with van der Waals surface area (Å²) >= 11 is 6.37. The highest BCUT2D eigenvalue weighted by Gasteiger charge is 2.22. The molecule has 9 heteroatoms. The Morgan fingerprint density at radius 2 is 2.00 bits per heavy atom. The van der Waals surface area contributed by atoms with Crippen LogP contribution in [0.5, 0.6) is 5.75 Å². The van der Waals surface area contributed by atoms with Crippen LogP contribution in [0, 0.1) is 6.92 Å². The molecule has 2 rings (SSSR count). The molecular formula is C12H10ClNO5S2. The Morgan fingerprint density at radius 3 is 2.52 bits per heavy atom. The number of aromatic hydroxyl groups is 1. The van der Waals surface area contributed by atoms with Gasteiger partial charge in [-0.2, -0.15) is 0 Å². The summed E-state index contributed by atoms with van der Waals surface area (Å²) in [4.78, 5) is 10.9. The van der Waals surface area contributed by atoms with Crippen molar-refractivity contribution in [1.29, 1.82) is 0 Å². The van der Waals surface area contributed by atoms with Gasteiger partial charge in [0.25, 0.3) is 10.0 Å². The number of phenols is 1. The summed E-state index contributed by atoms with van der Waals surface area (Å²) in [6.07, 6.45) is 0. The minimum absolute atomic E-state index is 0.00350. The van der Waals surface area contributed by atoms with E-state index in [-0.39, 0.29) is 25.5 Å². The lowest BCUT2D eigenvalue weighted by Crippen LogP contribution is -2.11. The number of halogens is 1. The number of anilines is 1. The molecule has 6 nitrogen and oxygen atoms in total. The molecule has 0 spiro atoms. The first kappa shape index (κ1) is 15.6. The molecule has 0 saturated heterocycles. The van der Waals surface area contributed by atoms with E-state index >= 15 is 0 Å². The Morgan fingerprint density at radius 1 is 1.33 bits per heavy atom. The molecule has 0 amide bonds. The van der Waals surface area contributed by atoms with Gasteiger partial charge >= 0.3 is 5.97 Å². The van der Waals surface area contributed by atoms with Crippen molar-refractivity contribution in [3.8, 4) is 5.75 Å². The van der Waals surface area contributed by atoms with E-state index in [4.69, 9.17) is 16.7 Å². The van der Waals surface area contributed by atoms with Gasteiger partial charge in [0, 0.05) is 0 Å². The highest BCUT2D eigenvalue weighted by molar-refractivity contribution is 7.94. The minimum atomic E-state index is -3.91. The lowest BCUT2D eigenvalue weighted by atomic mass is 10.3. The Kier molecular flexibility index (Phi) is 4.13. The predicted octanol–water partition coefficient (Wildman–Crippen LogP) is 2.91. The number of rotatable bonds is 4. The summed E-state index contributed by atoms with van der Waals surface area (Å²) < 4.78 is 26.5. The molecule has 0 aliphatic carbocycles. The van der Waals surface area contributed by atoms with Gasteiger partial charge in [0.05, 0.1) is 10.7 Å². The largest absolute Gasteiger partial charge is 0.506 e. The van der Waals surface area contributed by atoms with Gasteiger partial charge in [-0.25, -0.2) is 13.2 Å². The third-order valence-electron chi connectivity index (χ3n) is 2.55. The van der Waals surface area contributed by atoms with Crippen LogP contribution in [-0.2, 0) is 10.0 Å². The zero-order chi connectivity index (χ0) is 15.8. The van der Waals surface area contributed by atoms with E-state index in [2.05, 4.69) is 4.72 Å². The van der Waals surface area contributed by atoms with Crippen LogP contribution in [0.15, 0.2) is 28.5 Å². The van der Waals surface area contributed by atoms with Gasteiger partial charge in [0.1, 0.15) is 14.8 Å². The number of carboxylic acid groups (broad SMARTS) is 1. The number of nitrogens with one attached hydrogen (secondary N) is 1. The van der Waals surface area contributed by atoms with Crippen molar-refractivity contribution >= 4 is 44.6 Å². The molecule has 1 aromatic heterocycles. The molecule has 0 fully saturated rings. The van der Waals surface area contributed by atoms with E-state index in [9.17, 15) is 18.3 Å². The third kappa shape index (κ3) is 3.29. The highest BCUT2D eigenvalue weighted by atomic mass is 35.5. The number of benzene rings is 1. The van der Waals surface area contributed by atoms with Gasteiger partial charge in [0.2, 0.25) is 0 Å². The van der Waals surface area contributed by atoms with Gasteiger partial charge in [0.15, 0.2) is 0 Å². The molecule has 0 atom stereocenters.